The number of hydrogen-bond acceptors (Lipinski definition) is 2. The summed E-state index contributed by atoms with van der Waals surface area (Å²) in [5.41, 5.74) is 9.12. The third-order valence-electron chi connectivity index (χ3n) is 3.02. The van der Waals surface area contributed by atoms with E-state index in [-0.39, 0.29) is 11.8 Å². The topological polar surface area (TPSA) is 55.1 Å². The number of aryl methyl sites for hydroxylation is 2. The van der Waals surface area contributed by atoms with Crippen molar-refractivity contribution in [1.82, 2.24) is 0 Å². The highest BCUT2D eigenvalue weighted by Gasteiger charge is 2.17. The van der Waals surface area contributed by atoms with Crippen LogP contribution >= 0.6 is 0 Å². The van der Waals surface area contributed by atoms with Crippen LogP contribution in [0.5, 0.6) is 0 Å². The molecule has 0 bridgehead atoms. The Morgan fingerprint density at radius 2 is 2.06 bits per heavy atom. The van der Waals surface area contributed by atoms with Crippen LogP contribution in [0.3, 0.4) is 0 Å². The van der Waals surface area contributed by atoms with Crippen LogP contribution < -0.4 is 11.1 Å². The number of benzene rings is 1. The SMILES string of the molecule is CCc1cc(NC(=O)C(N)C(C)C)ccc1C. The normalized spacial score (nSPS) is 12.6. The molecule has 0 spiro atoms. The Balaban J connectivity index is 2.78. The lowest BCUT2D eigenvalue weighted by atomic mass is 10.0. The highest BCUT2D eigenvalue weighted by Crippen LogP contribution is 2.16. The number of nitrogens with one attached hydrogen (secondary N) is 1. The maximum Gasteiger partial charge on any atom is 0.241 e. The van der Waals surface area contributed by atoms with Crippen molar-refractivity contribution in [3.63, 3.8) is 0 Å². The van der Waals surface area contributed by atoms with Crippen LogP contribution in [0.25, 0.3) is 0 Å². The molecule has 0 radical (unpaired) electrons. The maximum atomic E-state index is 11.8. The van der Waals surface area contributed by atoms with Gasteiger partial charge in [-0.25, -0.2) is 0 Å². The van der Waals surface area contributed by atoms with E-state index in [2.05, 4.69) is 19.2 Å². The van der Waals surface area contributed by atoms with Gasteiger partial charge in [0.2, 0.25) is 5.91 Å². The predicted molar refractivity (Wildman–Crippen MR) is 72.0 cm³/mol. The molecule has 0 aliphatic rings. The average Bonchev–Trinajstić information content (AvgIpc) is 2.30. The first-order valence-corrected chi connectivity index (χ1v) is 6.11. The van der Waals surface area contributed by atoms with Crippen molar-refractivity contribution in [2.24, 2.45) is 11.7 Å². The summed E-state index contributed by atoms with van der Waals surface area (Å²) < 4.78 is 0. The molecule has 0 fully saturated rings. The van der Waals surface area contributed by atoms with Gasteiger partial charge in [0.25, 0.3) is 0 Å². The van der Waals surface area contributed by atoms with Crippen molar-refractivity contribution in [3.8, 4) is 0 Å². The van der Waals surface area contributed by atoms with Crippen LogP contribution in [-0.4, -0.2) is 11.9 Å². The van der Waals surface area contributed by atoms with E-state index in [4.69, 9.17) is 5.73 Å². The molecule has 3 N–H and O–H groups in total. The third-order valence-corrected chi connectivity index (χ3v) is 3.02. The van der Waals surface area contributed by atoms with Crippen molar-refractivity contribution in [1.29, 1.82) is 0 Å². The largest absolute Gasteiger partial charge is 0.325 e. The van der Waals surface area contributed by atoms with Crippen LogP contribution in [0.4, 0.5) is 5.69 Å². The van der Waals surface area contributed by atoms with E-state index < -0.39 is 6.04 Å². The van der Waals surface area contributed by atoms with E-state index in [0.29, 0.717) is 0 Å². The van der Waals surface area contributed by atoms with Gasteiger partial charge in [0.1, 0.15) is 0 Å². The zero-order valence-corrected chi connectivity index (χ0v) is 11.1. The zero-order valence-electron chi connectivity index (χ0n) is 11.1. The summed E-state index contributed by atoms with van der Waals surface area (Å²) in [6.45, 7) is 8.06. The molecule has 3 nitrogen and oxygen atoms in total. The van der Waals surface area contributed by atoms with Gasteiger partial charge < -0.3 is 11.1 Å². The summed E-state index contributed by atoms with van der Waals surface area (Å²) in [4.78, 5) is 11.8. The molecule has 0 aromatic heterocycles. The molecule has 0 aliphatic carbocycles. The van der Waals surface area contributed by atoms with Crippen molar-refractivity contribution >= 4 is 11.6 Å². The van der Waals surface area contributed by atoms with Gasteiger partial charge in [0.05, 0.1) is 6.04 Å². The lowest BCUT2D eigenvalue weighted by Gasteiger charge is -2.16. The lowest BCUT2D eigenvalue weighted by Crippen LogP contribution is -2.39. The lowest BCUT2D eigenvalue weighted by molar-refractivity contribution is -0.118. The first-order valence-electron chi connectivity index (χ1n) is 6.11. The Labute approximate surface area is 103 Å². The van der Waals surface area contributed by atoms with Crippen LogP contribution in [0, 0.1) is 12.8 Å². The molecule has 3 heteroatoms. The average molecular weight is 234 g/mol. The third kappa shape index (κ3) is 3.56. The molecule has 1 aromatic rings. The minimum absolute atomic E-state index is 0.120. The molecule has 1 aromatic carbocycles. The van der Waals surface area contributed by atoms with Gasteiger partial charge in [-0.15, -0.1) is 0 Å². The van der Waals surface area contributed by atoms with Crippen molar-refractivity contribution < 1.29 is 4.79 Å². The number of rotatable bonds is 4. The fraction of sp³-hybridized carbons (Fsp3) is 0.500. The van der Waals surface area contributed by atoms with Gasteiger partial charge >= 0.3 is 0 Å². The zero-order chi connectivity index (χ0) is 13.0. The van der Waals surface area contributed by atoms with E-state index in [9.17, 15) is 4.79 Å². The molecule has 0 aliphatic heterocycles. The second-order valence-electron chi connectivity index (χ2n) is 4.75. The Hall–Kier alpha value is -1.35. The smallest absolute Gasteiger partial charge is 0.241 e. The van der Waals surface area contributed by atoms with Gasteiger partial charge in [0, 0.05) is 5.69 Å². The maximum absolute atomic E-state index is 11.8. The standard InChI is InChI=1S/C14H22N2O/c1-5-11-8-12(7-6-10(11)4)16-14(17)13(15)9(2)3/h6-9,13H,5,15H2,1-4H3,(H,16,17). The van der Waals surface area contributed by atoms with E-state index in [1.807, 2.05) is 32.0 Å². The predicted octanol–water partition coefficient (Wildman–Crippen LogP) is 2.48. The van der Waals surface area contributed by atoms with Crippen LogP contribution in [-0.2, 0) is 11.2 Å². The summed E-state index contributed by atoms with van der Waals surface area (Å²) in [6, 6.07) is 5.50. The summed E-state index contributed by atoms with van der Waals surface area (Å²) in [5, 5.41) is 2.86. The number of hydrogen-bond donors (Lipinski definition) is 2. The Morgan fingerprint density at radius 1 is 1.41 bits per heavy atom. The molecular weight excluding hydrogens is 212 g/mol. The van der Waals surface area contributed by atoms with Crippen molar-refractivity contribution in [3.05, 3.63) is 29.3 Å². The minimum atomic E-state index is -0.457. The number of nitrogens with two attached hydrogens (primary N) is 1. The summed E-state index contributed by atoms with van der Waals surface area (Å²) in [7, 11) is 0. The second kappa shape index (κ2) is 5.82. The number of carbonyl (C=O) groups is 1. The molecule has 1 unspecified atom stereocenters. The number of anilines is 1. The Bertz CT molecular complexity index is 399. The minimum Gasteiger partial charge on any atom is -0.325 e. The molecule has 0 saturated heterocycles. The van der Waals surface area contributed by atoms with Crippen molar-refractivity contribution in [2.45, 2.75) is 40.2 Å². The first-order chi connectivity index (χ1) is 7.95. The monoisotopic (exact) mass is 234 g/mol. The molecule has 1 rings (SSSR count). The molecule has 94 valence electrons. The number of amides is 1. The van der Waals surface area contributed by atoms with E-state index in [1.165, 1.54) is 11.1 Å². The van der Waals surface area contributed by atoms with E-state index in [1.54, 1.807) is 0 Å². The summed E-state index contributed by atoms with van der Waals surface area (Å²) in [5.74, 6) is 0.0250. The van der Waals surface area contributed by atoms with Crippen LogP contribution in [0.15, 0.2) is 18.2 Å². The van der Waals surface area contributed by atoms with E-state index >= 15 is 0 Å². The van der Waals surface area contributed by atoms with Gasteiger partial charge in [-0.2, -0.15) is 0 Å². The second-order valence-corrected chi connectivity index (χ2v) is 4.75. The van der Waals surface area contributed by atoms with Crippen LogP contribution in [0.2, 0.25) is 0 Å². The van der Waals surface area contributed by atoms with Gasteiger partial charge in [0.15, 0.2) is 0 Å². The van der Waals surface area contributed by atoms with Crippen molar-refractivity contribution in [2.75, 3.05) is 5.32 Å². The first kappa shape index (κ1) is 13.7. The van der Waals surface area contributed by atoms with Crippen LogP contribution in [0.1, 0.15) is 31.9 Å². The quantitative estimate of drug-likeness (QED) is 0.841. The molecule has 0 saturated carbocycles. The molecule has 1 amide bonds. The van der Waals surface area contributed by atoms with Gasteiger partial charge in [-0.1, -0.05) is 26.8 Å². The fourth-order valence-electron chi connectivity index (χ4n) is 1.66. The van der Waals surface area contributed by atoms with Gasteiger partial charge in [-0.05, 0) is 42.5 Å². The summed E-state index contributed by atoms with van der Waals surface area (Å²) >= 11 is 0. The molecule has 1 atom stereocenters. The molecule has 17 heavy (non-hydrogen) atoms. The highest BCUT2D eigenvalue weighted by molar-refractivity contribution is 5.94. The molecular formula is C14H22N2O. The van der Waals surface area contributed by atoms with Gasteiger partial charge in [-0.3, -0.25) is 4.79 Å². The Morgan fingerprint density at radius 3 is 2.59 bits per heavy atom. The highest BCUT2D eigenvalue weighted by atomic mass is 16.2. The summed E-state index contributed by atoms with van der Waals surface area (Å²) in [6.07, 6.45) is 0.964. The Kier molecular flexibility index (Phi) is 4.70. The number of carbonyl (C=O) groups excluding carboxylic acids is 1. The fourth-order valence-corrected chi connectivity index (χ4v) is 1.66. The van der Waals surface area contributed by atoms with E-state index in [0.717, 1.165) is 12.1 Å². The molecule has 0 heterocycles.